The Hall–Kier alpha value is -0.740. The van der Waals surface area contributed by atoms with Crippen molar-refractivity contribution in [1.82, 2.24) is 5.32 Å². The lowest BCUT2D eigenvalue weighted by Crippen LogP contribution is -2.24. The first-order valence-corrected chi connectivity index (χ1v) is 5.52. The van der Waals surface area contributed by atoms with Gasteiger partial charge in [0.25, 0.3) is 0 Å². The second kappa shape index (κ2) is 4.63. The minimum atomic E-state index is -1.32. The zero-order valence-electron chi connectivity index (χ0n) is 8.49. The fraction of sp³-hybridized carbons (Fsp3) is 0.455. The Labute approximate surface area is 96.6 Å². The van der Waals surface area contributed by atoms with Crippen LogP contribution in [0.4, 0.5) is 13.2 Å². The van der Waals surface area contributed by atoms with Crippen LogP contribution in [0.25, 0.3) is 0 Å². The van der Waals surface area contributed by atoms with Gasteiger partial charge >= 0.3 is 0 Å². The van der Waals surface area contributed by atoms with Crippen molar-refractivity contribution in [2.45, 2.75) is 25.3 Å². The number of hydrogen-bond donors (Lipinski definition) is 1. The second-order valence-electron chi connectivity index (χ2n) is 3.96. The zero-order chi connectivity index (χ0) is 11.7. The molecule has 0 saturated carbocycles. The summed E-state index contributed by atoms with van der Waals surface area (Å²) < 4.78 is 39.5. The monoisotopic (exact) mass is 249 g/mol. The lowest BCUT2D eigenvalue weighted by molar-refractivity contribution is 0.485. The van der Waals surface area contributed by atoms with Gasteiger partial charge in [0.05, 0.1) is 0 Å². The molecule has 1 heterocycles. The van der Waals surface area contributed by atoms with E-state index in [4.69, 9.17) is 11.6 Å². The molecule has 2 rings (SSSR count). The van der Waals surface area contributed by atoms with E-state index in [1.165, 1.54) is 0 Å². The fourth-order valence-corrected chi connectivity index (χ4v) is 2.18. The van der Waals surface area contributed by atoms with E-state index in [1.54, 1.807) is 0 Å². The molecular formula is C11H11ClF3N. The van der Waals surface area contributed by atoms with Gasteiger partial charge in [-0.05, 0) is 37.4 Å². The van der Waals surface area contributed by atoms with E-state index in [-0.39, 0.29) is 11.6 Å². The lowest BCUT2D eigenvalue weighted by Gasteiger charge is -2.12. The van der Waals surface area contributed by atoms with Gasteiger partial charge in [0.2, 0.25) is 0 Å². The van der Waals surface area contributed by atoms with Crippen molar-refractivity contribution in [2.24, 2.45) is 0 Å². The highest BCUT2D eigenvalue weighted by molar-refractivity contribution is 6.31. The summed E-state index contributed by atoms with van der Waals surface area (Å²) in [5.41, 5.74) is 0.128. The largest absolute Gasteiger partial charge is 0.314 e. The first-order valence-electron chi connectivity index (χ1n) is 5.15. The summed E-state index contributed by atoms with van der Waals surface area (Å²) in [5, 5.41) is 2.40. The van der Waals surface area contributed by atoms with Crippen LogP contribution >= 0.6 is 11.6 Å². The van der Waals surface area contributed by atoms with Gasteiger partial charge in [-0.1, -0.05) is 11.6 Å². The maximum atomic E-state index is 13.5. The summed E-state index contributed by atoms with van der Waals surface area (Å²) in [4.78, 5) is 0. The molecule has 5 heteroatoms. The van der Waals surface area contributed by atoms with Crippen molar-refractivity contribution in [2.75, 3.05) is 6.54 Å². The Morgan fingerprint density at radius 2 is 2.06 bits per heavy atom. The summed E-state index contributed by atoms with van der Waals surface area (Å²) in [7, 11) is 0. The Morgan fingerprint density at radius 1 is 1.31 bits per heavy atom. The number of nitrogens with one attached hydrogen (secondary N) is 1. The van der Waals surface area contributed by atoms with Crippen LogP contribution in [-0.2, 0) is 6.42 Å². The van der Waals surface area contributed by atoms with Gasteiger partial charge in [-0.3, -0.25) is 0 Å². The van der Waals surface area contributed by atoms with Crippen molar-refractivity contribution in [3.8, 4) is 0 Å². The molecule has 1 fully saturated rings. The van der Waals surface area contributed by atoms with Gasteiger partial charge in [-0.15, -0.1) is 0 Å². The summed E-state index contributed by atoms with van der Waals surface area (Å²) in [6.07, 6.45) is 2.27. The molecule has 0 amide bonds. The van der Waals surface area contributed by atoms with E-state index in [2.05, 4.69) is 5.32 Å². The Balaban J connectivity index is 2.26. The Kier molecular flexibility index (Phi) is 3.40. The SMILES string of the molecule is Fc1cc(CC2CCCN2)c(F)c(Cl)c1F. The molecule has 16 heavy (non-hydrogen) atoms. The van der Waals surface area contributed by atoms with E-state index in [0.29, 0.717) is 6.42 Å². The first kappa shape index (κ1) is 11.7. The molecule has 1 aliphatic heterocycles. The van der Waals surface area contributed by atoms with Crippen LogP contribution in [0.5, 0.6) is 0 Å². The topological polar surface area (TPSA) is 12.0 Å². The Bertz CT molecular complexity index is 403. The van der Waals surface area contributed by atoms with Gasteiger partial charge in [0.1, 0.15) is 10.8 Å². The van der Waals surface area contributed by atoms with Crippen molar-refractivity contribution in [3.63, 3.8) is 0 Å². The summed E-state index contributed by atoms with van der Waals surface area (Å²) >= 11 is 5.36. The van der Waals surface area contributed by atoms with Gasteiger partial charge in [-0.25, -0.2) is 13.2 Å². The molecule has 0 bridgehead atoms. The number of benzene rings is 1. The van der Waals surface area contributed by atoms with Gasteiger partial charge < -0.3 is 5.32 Å². The minimum absolute atomic E-state index is 0.121. The van der Waals surface area contributed by atoms with Crippen LogP contribution in [0.3, 0.4) is 0 Å². The zero-order valence-corrected chi connectivity index (χ0v) is 9.25. The molecular weight excluding hydrogens is 239 g/mol. The quantitative estimate of drug-likeness (QED) is 0.628. The smallest absolute Gasteiger partial charge is 0.180 e. The highest BCUT2D eigenvalue weighted by Crippen LogP contribution is 2.26. The summed E-state index contributed by atoms with van der Waals surface area (Å²) in [6.45, 7) is 0.879. The molecule has 1 saturated heterocycles. The molecule has 0 aliphatic carbocycles. The van der Waals surface area contributed by atoms with Crippen LogP contribution in [0, 0.1) is 17.5 Å². The average molecular weight is 250 g/mol. The van der Waals surface area contributed by atoms with E-state index in [0.717, 1.165) is 25.5 Å². The third-order valence-electron chi connectivity index (χ3n) is 2.81. The summed E-state index contributed by atoms with van der Waals surface area (Å²) in [6, 6.07) is 1.01. The maximum Gasteiger partial charge on any atom is 0.180 e. The van der Waals surface area contributed by atoms with Crippen LogP contribution in [0.2, 0.25) is 5.02 Å². The van der Waals surface area contributed by atoms with E-state index in [1.807, 2.05) is 0 Å². The first-order chi connectivity index (χ1) is 7.59. The molecule has 0 aromatic heterocycles. The molecule has 1 aliphatic rings. The maximum absolute atomic E-state index is 13.5. The van der Waals surface area contributed by atoms with E-state index >= 15 is 0 Å². The lowest BCUT2D eigenvalue weighted by atomic mass is 10.0. The number of hydrogen-bond acceptors (Lipinski definition) is 1. The van der Waals surface area contributed by atoms with Gasteiger partial charge in [0, 0.05) is 6.04 Å². The van der Waals surface area contributed by atoms with E-state index in [9.17, 15) is 13.2 Å². The van der Waals surface area contributed by atoms with Crippen LogP contribution in [0.15, 0.2) is 6.07 Å². The number of halogens is 4. The van der Waals surface area contributed by atoms with Gasteiger partial charge in [0.15, 0.2) is 11.6 Å². The molecule has 1 N–H and O–H groups in total. The standard InChI is InChI=1S/C11H11ClF3N/c12-9-10(14)6(5-8(13)11(9)15)4-7-2-1-3-16-7/h5,7,16H,1-4H2. The molecule has 0 radical (unpaired) electrons. The predicted octanol–water partition coefficient (Wildman–Crippen LogP) is 3.05. The van der Waals surface area contributed by atoms with Crippen LogP contribution in [0.1, 0.15) is 18.4 Å². The van der Waals surface area contributed by atoms with Crippen molar-refractivity contribution >= 4 is 11.6 Å². The summed E-state index contributed by atoms with van der Waals surface area (Å²) in [5.74, 6) is -3.27. The molecule has 88 valence electrons. The molecule has 1 unspecified atom stereocenters. The highest BCUT2D eigenvalue weighted by Gasteiger charge is 2.21. The van der Waals surface area contributed by atoms with Crippen LogP contribution < -0.4 is 5.32 Å². The van der Waals surface area contributed by atoms with Crippen LogP contribution in [-0.4, -0.2) is 12.6 Å². The van der Waals surface area contributed by atoms with Gasteiger partial charge in [-0.2, -0.15) is 0 Å². The third-order valence-corrected chi connectivity index (χ3v) is 3.14. The second-order valence-corrected chi connectivity index (χ2v) is 4.33. The molecule has 0 spiro atoms. The van der Waals surface area contributed by atoms with Crippen molar-refractivity contribution < 1.29 is 13.2 Å². The molecule has 1 atom stereocenters. The predicted molar refractivity (Wildman–Crippen MR) is 56.1 cm³/mol. The molecule has 1 nitrogen and oxygen atoms in total. The normalized spacial score (nSPS) is 20.4. The molecule has 1 aromatic carbocycles. The van der Waals surface area contributed by atoms with Crippen molar-refractivity contribution in [3.05, 3.63) is 34.1 Å². The average Bonchev–Trinajstić information content (AvgIpc) is 2.76. The number of rotatable bonds is 2. The van der Waals surface area contributed by atoms with Crippen molar-refractivity contribution in [1.29, 1.82) is 0 Å². The highest BCUT2D eigenvalue weighted by atomic mass is 35.5. The Morgan fingerprint density at radius 3 is 2.69 bits per heavy atom. The van der Waals surface area contributed by atoms with E-state index < -0.39 is 22.5 Å². The third kappa shape index (κ3) is 2.18. The minimum Gasteiger partial charge on any atom is -0.314 e. The molecule has 1 aromatic rings. The fourth-order valence-electron chi connectivity index (χ4n) is 1.97.